The molecule has 5 nitrogen and oxygen atoms in total. The van der Waals surface area contributed by atoms with Gasteiger partial charge in [-0.25, -0.2) is 14.8 Å². The minimum atomic E-state index is -0.333. The number of hydrogen-bond acceptors (Lipinski definition) is 7. The number of thiophene rings is 1. The lowest BCUT2D eigenvalue weighted by Gasteiger charge is -2.10. The van der Waals surface area contributed by atoms with Gasteiger partial charge in [0.25, 0.3) is 0 Å². The number of ether oxygens (including phenoxy) is 1. The molecule has 0 unspecified atom stereocenters. The van der Waals surface area contributed by atoms with Gasteiger partial charge >= 0.3 is 5.97 Å². The second kappa shape index (κ2) is 9.68. The zero-order chi connectivity index (χ0) is 21.8. The van der Waals surface area contributed by atoms with Crippen molar-refractivity contribution in [1.82, 2.24) is 9.97 Å². The zero-order valence-electron chi connectivity index (χ0n) is 17.0. The third-order valence-electron chi connectivity index (χ3n) is 4.52. The SMILES string of the molecule is CCOC(=O)c1sc2nc(CSc3ccccc3)nc(Nc3ccc(Cl)cc3)c2c1C. The molecule has 0 atom stereocenters. The molecule has 8 heteroatoms. The lowest BCUT2D eigenvalue weighted by atomic mass is 10.2. The van der Waals surface area contributed by atoms with Crippen molar-refractivity contribution in [2.24, 2.45) is 0 Å². The first-order valence-corrected chi connectivity index (χ1v) is 11.9. The van der Waals surface area contributed by atoms with E-state index in [2.05, 4.69) is 17.4 Å². The lowest BCUT2D eigenvalue weighted by molar-refractivity contribution is 0.0531. The Morgan fingerprint density at radius 3 is 2.58 bits per heavy atom. The normalized spacial score (nSPS) is 10.9. The lowest BCUT2D eigenvalue weighted by Crippen LogP contribution is -2.04. The molecule has 2 heterocycles. The number of aryl methyl sites for hydroxylation is 1. The Morgan fingerprint density at radius 2 is 1.87 bits per heavy atom. The first-order valence-electron chi connectivity index (χ1n) is 9.72. The largest absolute Gasteiger partial charge is 0.462 e. The van der Waals surface area contributed by atoms with E-state index >= 15 is 0 Å². The molecule has 0 aliphatic carbocycles. The molecule has 1 N–H and O–H groups in total. The number of nitrogens with one attached hydrogen (secondary N) is 1. The molecule has 4 rings (SSSR count). The van der Waals surface area contributed by atoms with E-state index in [0.29, 0.717) is 33.9 Å². The molecule has 0 aliphatic rings. The molecule has 2 aromatic heterocycles. The van der Waals surface area contributed by atoms with Crippen molar-refractivity contribution in [2.75, 3.05) is 11.9 Å². The van der Waals surface area contributed by atoms with Gasteiger partial charge in [-0.05, 0) is 55.8 Å². The molecule has 0 fully saturated rings. The van der Waals surface area contributed by atoms with Crippen molar-refractivity contribution in [3.05, 3.63) is 75.9 Å². The number of carbonyl (C=O) groups excluding carboxylic acids is 1. The van der Waals surface area contributed by atoms with Crippen LogP contribution in [0.2, 0.25) is 5.02 Å². The predicted octanol–water partition coefficient (Wildman–Crippen LogP) is 6.87. The molecule has 0 saturated carbocycles. The Labute approximate surface area is 193 Å². The summed E-state index contributed by atoms with van der Waals surface area (Å²) in [6.07, 6.45) is 0. The van der Waals surface area contributed by atoms with Gasteiger partial charge in [0.05, 0.1) is 17.7 Å². The molecule has 158 valence electrons. The average Bonchev–Trinajstić information content (AvgIpc) is 3.11. The van der Waals surface area contributed by atoms with Gasteiger partial charge in [-0.3, -0.25) is 0 Å². The number of thioether (sulfide) groups is 1. The molecule has 0 amide bonds. The molecule has 4 aromatic rings. The summed E-state index contributed by atoms with van der Waals surface area (Å²) in [5.41, 5.74) is 1.67. The summed E-state index contributed by atoms with van der Waals surface area (Å²) in [6, 6.07) is 17.5. The van der Waals surface area contributed by atoms with E-state index < -0.39 is 0 Å². The predicted molar refractivity (Wildman–Crippen MR) is 129 cm³/mol. The summed E-state index contributed by atoms with van der Waals surface area (Å²) in [5.74, 6) is 1.64. The average molecular weight is 470 g/mol. The number of fused-ring (bicyclic) bond motifs is 1. The van der Waals surface area contributed by atoms with E-state index in [9.17, 15) is 4.79 Å². The van der Waals surface area contributed by atoms with E-state index in [1.807, 2.05) is 49.4 Å². The monoisotopic (exact) mass is 469 g/mol. The second-order valence-corrected chi connectivity index (χ2v) is 9.16. The number of rotatable bonds is 7. The van der Waals surface area contributed by atoms with Crippen LogP contribution in [0.1, 0.15) is 28.0 Å². The number of esters is 1. The molecule has 0 aliphatic heterocycles. The number of anilines is 2. The van der Waals surface area contributed by atoms with Gasteiger partial charge in [0.2, 0.25) is 0 Å². The van der Waals surface area contributed by atoms with Crippen molar-refractivity contribution in [3.8, 4) is 0 Å². The van der Waals surface area contributed by atoms with Crippen LogP contribution >= 0.6 is 34.7 Å². The standard InChI is InChI=1S/C23H20ClN3O2S2/c1-3-29-23(28)20-14(2)19-21(25-16-11-9-15(24)10-12-16)26-18(27-22(19)31-20)13-30-17-7-5-4-6-8-17/h4-12H,3,13H2,1-2H3,(H,25,26,27). The van der Waals surface area contributed by atoms with Crippen LogP contribution < -0.4 is 5.32 Å². The Kier molecular flexibility index (Phi) is 6.75. The molecular formula is C23H20ClN3O2S2. The van der Waals surface area contributed by atoms with Crippen LogP contribution in [-0.4, -0.2) is 22.5 Å². The van der Waals surface area contributed by atoms with E-state index in [0.717, 1.165) is 26.4 Å². The summed E-state index contributed by atoms with van der Waals surface area (Å²) in [7, 11) is 0. The van der Waals surface area contributed by atoms with E-state index in [1.165, 1.54) is 11.3 Å². The van der Waals surface area contributed by atoms with Crippen LogP contribution in [0.5, 0.6) is 0 Å². The zero-order valence-corrected chi connectivity index (χ0v) is 19.4. The van der Waals surface area contributed by atoms with Gasteiger partial charge in [-0.15, -0.1) is 23.1 Å². The van der Waals surface area contributed by atoms with Gasteiger partial charge in [0, 0.05) is 15.6 Å². The first-order chi connectivity index (χ1) is 15.0. The topological polar surface area (TPSA) is 64.1 Å². The maximum atomic E-state index is 12.4. The first kappa shape index (κ1) is 21.6. The fraction of sp³-hybridized carbons (Fsp3) is 0.174. The number of hydrogen-bond donors (Lipinski definition) is 1. The quantitative estimate of drug-likeness (QED) is 0.235. The maximum absolute atomic E-state index is 12.4. The van der Waals surface area contributed by atoms with Crippen molar-refractivity contribution in [3.63, 3.8) is 0 Å². The smallest absolute Gasteiger partial charge is 0.348 e. The van der Waals surface area contributed by atoms with Gasteiger partial charge in [0.1, 0.15) is 21.3 Å². The number of aromatic nitrogens is 2. The highest BCUT2D eigenvalue weighted by Gasteiger charge is 2.21. The highest BCUT2D eigenvalue weighted by Crippen LogP contribution is 2.36. The minimum absolute atomic E-state index is 0.326. The Bertz CT molecular complexity index is 1210. The Hall–Kier alpha value is -2.61. The molecule has 31 heavy (non-hydrogen) atoms. The van der Waals surface area contributed by atoms with Crippen LogP contribution in [0.4, 0.5) is 11.5 Å². The summed E-state index contributed by atoms with van der Waals surface area (Å²) in [6.45, 7) is 4.03. The van der Waals surface area contributed by atoms with E-state index in [1.54, 1.807) is 18.7 Å². The number of carbonyl (C=O) groups is 1. The van der Waals surface area contributed by atoms with Crippen LogP contribution in [0.25, 0.3) is 10.2 Å². The van der Waals surface area contributed by atoms with Gasteiger partial charge in [0.15, 0.2) is 0 Å². The van der Waals surface area contributed by atoms with Crippen molar-refractivity contribution in [2.45, 2.75) is 24.5 Å². The summed E-state index contributed by atoms with van der Waals surface area (Å²) in [5, 5.41) is 4.87. The molecule has 0 radical (unpaired) electrons. The summed E-state index contributed by atoms with van der Waals surface area (Å²) < 4.78 is 5.23. The molecular weight excluding hydrogens is 450 g/mol. The number of halogens is 1. The minimum Gasteiger partial charge on any atom is -0.462 e. The maximum Gasteiger partial charge on any atom is 0.348 e. The Morgan fingerprint density at radius 1 is 1.13 bits per heavy atom. The van der Waals surface area contributed by atoms with Crippen LogP contribution in [0.15, 0.2) is 59.5 Å². The van der Waals surface area contributed by atoms with E-state index in [-0.39, 0.29) is 5.97 Å². The van der Waals surface area contributed by atoms with Crippen LogP contribution in [-0.2, 0) is 10.5 Å². The summed E-state index contributed by atoms with van der Waals surface area (Å²) >= 11 is 9.03. The van der Waals surface area contributed by atoms with E-state index in [4.69, 9.17) is 26.3 Å². The number of benzene rings is 2. The van der Waals surface area contributed by atoms with Crippen molar-refractivity contribution < 1.29 is 9.53 Å². The molecule has 2 aromatic carbocycles. The van der Waals surface area contributed by atoms with Gasteiger partial charge in [-0.1, -0.05) is 29.8 Å². The highest BCUT2D eigenvalue weighted by molar-refractivity contribution is 7.98. The third kappa shape index (κ3) is 5.01. The number of nitrogens with zero attached hydrogens (tertiary/aromatic N) is 2. The summed E-state index contributed by atoms with van der Waals surface area (Å²) in [4.78, 5) is 24.4. The van der Waals surface area contributed by atoms with Crippen LogP contribution in [0, 0.1) is 6.92 Å². The second-order valence-electron chi connectivity index (χ2n) is 6.68. The molecule has 0 bridgehead atoms. The molecule has 0 spiro atoms. The van der Waals surface area contributed by atoms with Gasteiger partial charge < -0.3 is 10.1 Å². The Balaban J connectivity index is 1.74. The fourth-order valence-electron chi connectivity index (χ4n) is 3.06. The van der Waals surface area contributed by atoms with Gasteiger partial charge in [-0.2, -0.15) is 0 Å². The van der Waals surface area contributed by atoms with Crippen LogP contribution in [0.3, 0.4) is 0 Å². The molecule has 0 saturated heterocycles. The highest BCUT2D eigenvalue weighted by atomic mass is 35.5. The van der Waals surface area contributed by atoms with Crippen molar-refractivity contribution >= 4 is 62.4 Å². The fourth-order valence-corrected chi connectivity index (χ4v) is 5.06. The third-order valence-corrected chi connectivity index (χ3v) is 6.94. The van der Waals surface area contributed by atoms with Crippen molar-refractivity contribution in [1.29, 1.82) is 0 Å².